The summed E-state index contributed by atoms with van der Waals surface area (Å²) in [6, 6.07) is 13.8. The smallest absolute Gasteiger partial charge is 0.258 e. The Balaban J connectivity index is 2.29. The van der Waals surface area contributed by atoms with Crippen LogP contribution in [0.15, 0.2) is 48.5 Å². The molecular weight excluding hydrogens is 278 g/mol. The van der Waals surface area contributed by atoms with Crippen LogP contribution < -0.4 is 16.4 Å². The van der Waals surface area contributed by atoms with E-state index in [-0.39, 0.29) is 11.8 Å². The minimum atomic E-state index is -0.648. The van der Waals surface area contributed by atoms with Gasteiger partial charge in [0, 0.05) is 5.69 Å². The van der Waals surface area contributed by atoms with Gasteiger partial charge in [-0.3, -0.25) is 9.59 Å². The topological polar surface area (TPSA) is 84.2 Å². The van der Waals surface area contributed by atoms with Crippen molar-refractivity contribution >= 4 is 23.2 Å². The van der Waals surface area contributed by atoms with E-state index in [0.29, 0.717) is 16.9 Å². The number of hydrogen-bond donors (Lipinski definition) is 3. The predicted octanol–water partition coefficient (Wildman–Crippen LogP) is 2.53. The van der Waals surface area contributed by atoms with Gasteiger partial charge in [-0.1, -0.05) is 30.3 Å². The van der Waals surface area contributed by atoms with E-state index >= 15 is 0 Å². The number of carbonyl (C=O) groups excluding carboxylic acids is 2. The first-order valence-corrected chi connectivity index (χ1v) is 7.01. The summed E-state index contributed by atoms with van der Waals surface area (Å²) in [5.41, 5.74) is 7.91. The maximum Gasteiger partial charge on any atom is 0.258 e. The lowest BCUT2D eigenvalue weighted by molar-refractivity contribution is -0.117. The Morgan fingerprint density at radius 3 is 2.32 bits per heavy atom. The molecule has 0 bridgehead atoms. The van der Waals surface area contributed by atoms with Gasteiger partial charge >= 0.3 is 0 Å². The molecule has 0 spiro atoms. The molecule has 0 fully saturated rings. The molecule has 0 heterocycles. The monoisotopic (exact) mass is 297 g/mol. The Morgan fingerprint density at radius 2 is 1.68 bits per heavy atom. The second kappa shape index (κ2) is 6.87. The van der Waals surface area contributed by atoms with Gasteiger partial charge in [0.1, 0.15) is 0 Å². The molecule has 0 aliphatic carbocycles. The van der Waals surface area contributed by atoms with E-state index in [4.69, 9.17) is 5.73 Å². The molecular formula is C17H19N3O2. The highest BCUT2D eigenvalue weighted by molar-refractivity contribution is 6.11. The third-order valence-corrected chi connectivity index (χ3v) is 3.20. The van der Waals surface area contributed by atoms with E-state index in [9.17, 15) is 9.59 Å². The highest BCUT2D eigenvalue weighted by Crippen LogP contribution is 2.21. The standard InChI is InChI=1S/C17H19N3O2/c1-11-7-6-10-14(20-16(21)12(2)18)15(11)17(22)19-13-8-4-3-5-9-13/h3-10,12H,18H2,1-2H3,(H,19,22)(H,20,21)/t12-/m0/s1. The third-order valence-electron chi connectivity index (χ3n) is 3.20. The molecule has 2 amide bonds. The Morgan fingerprint density at radius 1 is 1.00 bits per heavy atom. The van der Waals surface area contributed by atoms with Crippen molar-refractivity contribution in [2.75, 3.05) is 10.6 Å². The van der Waals surface area contributed by atoms with Crippen molar-refractivity contribution in [1.29, 1.82) is 0 Å². The van der Waals surface area contributed by atoms with Crippen LogP contribution in [0.1, 0.15) is 22.8 Å². The van der Waals surface area contributed by atoms with Crippen LogP contribution in [-0.2, 0) is 4.79 Å². The summed E-state index contributed by atoms with van der Waals surface area (Å²) in [6.45, 7) is 3.41. The third kappa shape index (κ3) is 3.71. The molecule has 0 unspecified atom stereocenters. The SMILES string of the molecule is Cc1cccc(NC(=O)[C@H](C)N)c1C(=O)Nc1ccccc1. The molecule has 22 heavy (non-hydrogen) atoms. The van der Waals surface area contributed by atoms with Crippen molar-refractivity contribution < 1.29 is 9.59 Å². The number of nitrogens with one attached hydrogen (secondary N) is 2. The summed E-state index contributed by atoms with van der Waals surface area (Å²) in [5.74, 6) is -0.608. The Bertz CT molecular complexity index is 682. The van der Waals surface area contributed by atoms with Crippen molar-refractivity contribution in [3.63, 3.8) is 0 Å². The van der Waals surface area contributed by atoms with E-state index in [0.717, 1.165) is 5.56 Å². The maximum absolute atomic E-state index is 12.5. The van der Waals surface area contributed by atoms with Crippen molar-refractivity contribution in [2.24, 2.45) is 5.73 Å². The zero-order chi connectivity index (χ0) is 16.1. The summed E-state index contributed by atoms with van der Waals surface area (Å²) >= 11 is 0. The van der Waals surface area contributed by atoms with Gasteiger partial charge in [0.05, 0.1) is 17.3 Å². The first-order chi connectivity index (χ1) is 10.5. The maximum atomic E-state index is 12.5. The number of rotatable bonds is 4. The number of nitrogens with two attached hydrogens (primary N) is 1. The number of para-hydroxylation sites is 1. The molecule has 0 saturated heterocycles. The van der Waals surface area contributed by atoms with Gasteiger partial charge in [-0.25, -0.2) is 0 Å². The normalized spacial score (nSPS) is 11.6. The first-order valence-electron chi connectivity index (χ1n) is 7.01. The number of anilines is 2. The lowest BCUT2D eigenvalue weighted by Crippen LogP contribution is -2.33. The van der Waals surface area contributed by atoms with Crippen LogP contribution in [0, 0.1) is 6.92 Å². The second-order valence-electron chi connectivity index (χ2n) is 5.10. The Hall–Kier alpha value is -2.66. The Labute approximate surface area is 129 Å². The minimum absolute atomic E-state index is 0.274. The summed E-state index contributed by atoms with van der Waals surface area (Å²) in [7, 11) is 0. The van der Waals surface area contributed by atoms with Gasteiger partial charge in [0.15, 0.2) is 0 Å². The van der Waals surface area contributed by atoms with Gasteiger partial charge in [0.2, 0.25) is 5.91 Å². The molecule has 2 aromatic carbocycles. The molecule has 2 aromatic rings. The molecule has 0 radical (unpaired) electrons. The number of hydrogen-bond acceptors (Lipinski definition) is 3. The minimum Gasteiger partial charge on any atom is -0.324 e. The lowest BCUT2D eigenvalue weighted by Gasteiger charge is -2.15. The van der Waals surface area contributed by atoms with Crippen molar-refractivity contribution in [3.05, 3.63) is 59.7 Å². The molecule has 2 rings (SSSR count). The zero-order valence-corrected chi connectivity index (χ0v) is 12.6. The van der Waals surface area contributed by atoms with Crippen LogP contribution in [0.2, 0.25) is 0 Å². The van der Waals surface area contributed by atoms with Crippen molar-refractivity contribution in [3.8, 4) is 0 Å². The fourth-order valence-electron chi connectivity index (χ4n) is 2.03. The molecule has 5 heteroatoms. The van der Waals surface area contributed by atoms with Gasteiger partial charge in [-0.05, 0) is 37.6 Å². The molecule has 4 N–H and O–H groups in total. The fraction of sp³-hybridized carbons (Fsp3) is 0.176. The van der Waals surface area contributed by atoms with Gasteiger partial charge in [-0.15, -0.1) is 0 Å². The van der Waals surface area contributed by atoms with Crippen LogP contribution in [-0.4, -0.2) is 17.9 Å². The molecule has 0 saturated carbocycles. The number of aryl methyl sites for hydroxylation is 1. The van der Waals surface area contributed by atoms with Crippen LogP contribution in [0.4, 0.5) is 11.4 Å². The van der Waals surface area contributed by atoms with Crippen molar-refractivity contribution in [1.82, 2.24) is 0 Å². The highest BCUT2D eigenvalue weighted by atomic mass is 16.2. The first kappa shape index (κ1) is 15.7. The number of carbonyl (C=O) groups is 2. The van der Waals surface area contributed by atoms with E-state index in [2.05, 4.69) is 10.6 Å². The van der Waals surface area contributed by atoms with Crippen LogP contribution in [0.3, 0.4) is 0 Å². The fourth-order valence-corrected chi connectivity index (χ4v) is 2.03. The molecule has 0 aliphatic heterocycles. The predicted molar refractivity (Wildman–Crippen MR) is 87.9 cm³/mol. The van der Waals surface area contributed by atoms with Gasteiger partial charge < -0.3 is 16.4 Å². The van der Waals surface area contributed by atoms with Gasteiger partial charge in [0.25, 0.3) is 5.91 Å². The molecule has 5 nitrogen and oxygen atoms in total. The summed E-state index contributed by atoms with van der Waals surface area (Å²) in [6.07, 6.45) is 0. The summed E-state index contributed by atoms with van der Waals surface area (Å²) in [4.78, 5) is 24.3. The summed E-state index contributed by atoms with van der Waals surface area (Å²) < 4.78 is 0. The quantitative estimate of drug-likeness (QED) is 0.810. The van der Waals surface area contributed by atoms with Crippen LogP contribution in [0.25, 0.3) is 0 Å². The van der Waals surface area contributed by atoms with Crippen LogP contribution in [0.5, 0.6) is 0 Å². The zero-order valence-electron chi connectivity index (χ0n) is 12.6. The average molecular weight is 297 g/mol. The molecule has 0 aromatic heterocycles. The van der Waals surface area contributed by atoms with E-state index in [1.54, 1.807) is 31.2 Å². The molecule has 0 aliphatic rings. The molecule has 1 atom stereocenters. The average Bonchev–Trinajstić information content (AvgIpc) is 2.48. The number of benzene rings is 2. The second-order valence-corrected chi connectivity index (χ2v) is 5.10. The van der Waals surface area contributed by atoms with Crippen molar-refractivity contribution in [2.45, 2.75) is 19.9 Å². The highest BCUT2D eigenvalue weighted by Gasteiger charge is 2.17. The number of amides is 2. The Kier molecular flexibility index (Phi) is 4.91. The van der Waals surface area contributed by atoms with Crippen LogP contribution >= 0.6 is 0 Å². The summed E-state index contributed by atoms with van der Waals surface area (Å²) in [5, 5.41) is 5.51. The van der Waals surface area contributed by atoms with E-state index in [1.165, 1.54) is 0 Å². The lowest BCUT2D eigenvalue weighted by atomic mass is 10.1. The molecule has 114 valence electrons. The van der Waals surface area contributed by atoms with E-state index in [1.807, 2.05) is 31.2 Å². The largest absolute Gasteiger partial charge is 0.324 e. The van der Waals surface area contributed by atoms with E-state index < -0.39 is 6.04 Å². The van der Waals surface area contributed by atoms with Gasteiger partial charge in [-0.2, -0.15) is 0 Å².